The molecule has 1 unspecified atom stereocenters. The standard InChI is InChI=1S/C22H32N2O4/c1-16(2)14-20(25)24-12-10-22(11-13-24)9-8-19(28-22)15-23-21(26)17-4-6-18(27-3)7-5-17/h4-7,16,19H,8-15H2,1-3H3,(H,23,26). The lowest BCUT2D eigenvalue weighted by Crippen LogP contribution is -2.47. The molecule has 2 heterocycles. The van der Waals surface area contributed by atoms with Gasteiger partial charge >= 0.3 is 0 Å². The third-order valence-electron chi connectivity index (χ3n) is 5.79. The van der Waals surface area contributed by atoms with Gasteiger partial charge in [0, 0.05) is 31.6 Å². The fraction of sp³-hybridized carbons (Fsp3) is 0.636. The van der Waals surface area contributed by atoms with Gasteiger partial charge in [0.1, 0.15) is 5.75 Å². The number of carbonyl (C=O) groups excluding carboxylic acids is 2. The Morgan fingerprint density at radius 2 is 1.89 bits per heavy atom. The van der Waals surface area contributed by atoms with E-state index >= 15 is 0 Å². The summed E-state index contributed by atoms with van der Waals surface area (Å²) in [4.78, 5) is 26.6. The van der Waals surface area contributed by atoms with E-state index in [1.54, 1.807) is 31.4 Å². The van der Waals surface area contributed by atoms with Gasteiger partial charge in [-0.25, -0.2) is 0 Å². The van der Waals surface area contributed by atoms with Gasteiger partial charge in [0.15, 0.2) is 0 Å². The van der Waals surface area contributed by atoms with Crippen LogP contribution in [0.1, 0.15) is 56.3 Å². The molecule has 1 atom stereocenters. The summed E-state index contributed by atoms with van der Waals surface area (Å²) in [5.74, 6) is 1.29. The average Bonchev–Trinajstić information content (AvgIpc) is 3.08. The molecule has 154 valence electrons. The summed E-state index contributed by atoms with van der Waals surface area (Å²) in [6.07, 6.45) is 4.39. The van der Waals surface area contributed by atoms with Gasteiger partial charge in [0.05, 0.1) is 18.8 Å². The first kappa shape index (κ1) is 20.6. The Morgan fingerprint density at radius 3 is 2.50 bits per heavy atom. The lowest BCUT2D eigenvalue weighted by Gasteiger charge is -2.39. The van der Waals surface area contributed by atoms with Crippen LogP contribution in [0.2, 0.25) is 0 Å². The van der Waals surface area contributed by atoms with Crippen molar-refractivity contribution in [1.82, 2.24) is 10.2 Å². The summed E-state index contributed by atoms with van der Waals surface area (Å²) in [5, 5.41) is 2.98. The minimum atomic E-state index is -0.121. The van der Waals surface area contributed by atoms with Crippen molar-refractivity contribution in [2.45, 2.75) is 57.7 Å². The monoisotopic (exact) mass is 388 g/mol. The molecule has 2 aliphatic heterocycles. The Morgan fingerprint density at radius 1 is 1.21 bits per heavy atom. The third kappa shape index (κ3) is 5.04. The fourth-order valence-corrected chi connectivity index (χ4v) is 4.10. The number of piperidine rings is 1. The zero-order chi connectivity index (χ0) is 20.1. The van der Waals surface area contributed by atoms with Crippen molar-refractivity contribution in [3.63, 3.8) is 0 Å². The lowest BCUT2D eigenvalue weighted by atomic mass is 9.88. The molecular weight excluding hydrogens is 356 g/mol. The molecule has 1 aromatic rings. The van der Waals surface area contributed by atoms with Crippen LogP contribution < -0.4 is 10.1 Å². The third-order valence-corrected chi connectivity index (χ3v) is 5.79. The van der Waals surface area contributed by atoms with Crippen molar-refractivity contribution in [2.24, 2.45) is 5.92 Å². The van der Waals surface area contributed by atoms with E-state index in [1.807, 2.05) is 4.90 Å². The zero-order valence-electron chi connectivity index (χ0n) is 17.2. The summed E-state index contributed by atoms with van der Waals surface area (Å²) in [6.45, 7) is 6.22. The molecule has 0 aromatic heterocycles. The van der Waals surface area contributed by atoms with Gasteiger partial charge in [-0.2, -0.15) is 0 Å². The fourth-order valence-electron chi connectivity index (χ4n) is 4.10. The second-order valence-electron chi connectivity index (χ2n) is 8.38. The molecule has 2 aliphatic rings. The Hall–Kier alpha value is -2.08. The maximum absolute atomic E-state index is 12.3. The largest absolute Gasteiger partial charge is 0.497 e. The van der Waals surface area contributed by atoms with Crippen molar-refractivity contribution in [3.05, 3.63) is 29.8 Å². The summed E-state index contributed by atoms with van der Waals surface area (Å²) in [6, 6.07) is 7.08. The molecular formula is C22H32N2O4. The highest BCUT2D eigenvalue weighted by Gasteiger charge is 2.43. The summed E-state index contributed by atoms with van der Waals surface area (Å²) in [7, 11) is 1.60. The van der Waals surface area contributed by atoms with Crippen LogP contribution in [0, 0.1) is 5.92 Å². The van der Waals surface area contributed by atoms with E-state index < -0.39 is 0 Å². The molecule has 2 amide bonds. The predicted molar refractivity (Wildman–Crippen MR) is 107 cm³/mol. The highest BCUT2D eigenvalue weighted by Crippen LogP contribution is 2.38. The molecule has 3 rings (SSSR count). The highest BCUT2D eigenvalue weighted by atomic mass is 16.5. The second-order valence-corrected chi connectivity index (χ2v) is 8.38. The number of amides is 2. The Labute approximate surface area is 167 Å². The van der Waals surface area contributed by atoms with Gasteiger partial charge in [-0.1, -0.05) is 13.8 Å². The SMILES string of the molecule is COc1ccc(C(=O)NCC2CCC3(CCN(C(=O)CC(C)C)CC3)O2)cc1. The van der Waals surface area contributed by atoms with Crippen LogP contribution in [0.5, 0.6) is 5.75 Å². The second kappa shape index (κ2) is 8.95. The van der Waals surface area contributed by atoms with Crippen LogP contribution in [0.4, 0.5) is 0 Å². The van der Waals surface area contributed by atoms with Gasteiger partial charge in [-0.3, -0.25) is 9.59 Å². The van der Waals surface area contributed by atoms with Crippen LogP contribution in [0.15, 0.2) is 24.3 Å². The van der Waals surface area contributed by atoms with Gasteiger partial charge in [-0.15, -0.1) is 0 Å². The van der Waals surface area contributed by atoms with E-state index in [9.17, 15) is 9.59 Å². The minimum Gasteiger partial charge on any atom is -0.497 e. The summed E-state index contributed by atoms with van der Waals surface area (Å²) in [5.41, 5.74) is 0.495. The number of carbonyl (C=O) groups is 2. The highest BCUT2D eigenvalue weighted by molar-refractivity contribution is 5.94. The topological polar surface area (TPSA) is 67.9 Å². The van der Waals surface area contributed by atoms with Gasteiger partial charge in [0.2, 0.25) is 5.91 Å². The Kier molecular flexibility index (Phi) is 6.60. The smallest absolute Gasteiger partial charge is 0.251 e. The van der Waals surface area contributed by atoms with E-state index in [1.165, 1.54) is 0 Å². The van der Waals surface area contributed by atoms with Crippen LogP contribution in [0.3, 0.4) is 0 Å². The molecule has 2 fully saturated rings. The van der Waals surface area contributed by atoms with Crippen LogP contribution in [-0.2, 0) is 9.53 Å². The maximum Gasteiger partial charge on any atom is 0.251 e. The molecule has 28 heavy (non-hydrogen) atoms. The van der Waals surface area contributed by atoms with Crippen molar-refractivity contribution >= 4 is 11.8 Å². The van der Waals surface area contributed by atoms with Crippen molar-refractivity contribution in [2.75, 3.05) is 26.7 Å². The molecule has 6 heteroatoms. The quantitative estimate of drug-likeness (QED) is 0.813. The maximum atomic E-state index is 12.3. The number of hydrogen-bond donors (Lipinski definition) is 1. The van der Waals surface area contributed by atoms with Crippen LogP contribution in [-0.4, -0.2) is 55.2 Å². The minimum absolute atomic E-state index is 0.0418. The van der Waals surface area contributed by atoms with Gasteiger partial charge < -0.3 is 19.7 Å². The van der Waals surface area contributed by atoms with E-state index in [0.717, 1.165) is 44.5 Å². The first-order valence-electron chi connectivity index (χ1n) is 10.3. The number of methoxy groups -OCH3 is 1. The number of hydrogen-bond acceptors (Lipinski definition) is 4. The number of likely N-dealkylation sites (tertiary alicyclic amines) is 1. The number of nitrogens with zero attached hydrogens (tertiary/aromatic N) is 1. The molecule has 2 saturated heterocycles. The number of nitrogens with one attached hydrogen (secondary N) is 1. The number of ether oxygens (including phenoxy) is 2. The average molecular weight is 389 g/mol. The normalized spacial score (nSPS) is 21.1. The van der Waals surface area contributed by atoms with Gasteiger partial charge in [0.25, 0.3) is 5.91 Å². The molecule has 0 radical (unpaired) electrons. The first-order valence-corrected chi connectivity index (χ1v) is 10.3. The number of rotatable bonds is 6. The van der Waals surface area contributed by atoms with E-state index in [0.29, 0.717) is 24.4 Å². The molecule has 0 bridgehead atoms. The van der Waals surface area contributed by atoms with E-state index in [2.05, 4.69) is 19.2 Å². The van der Waals surface area contributed by atoms with E-state index in [4.69, 9.17) is 9.47 Å². The van der Waals surface area contributed by atoms with Crippen molar-refractivity contribution in [3.8, 4) is 5.75 Å². The van der Waals surface area contributed by atoms with Crippen LogP contribution in [0.25, 0.3) is 0 Å². The van der Waals surface area contributed by atoms with Crippen molar-refractivity contribution < 1.29 is 19.1 Å². The predicted octanol–water partition coefficient (Wildman–Crippen LogP) is 3.01. The molecule has 0 saturated carbocycles. The summed E-state index contributed by atoms with van der Waals surface area (Å²) < 4.78 is 11.5. The first-order chi connectivity index (χ1) is 13.4. The molecule has 6 nitrogen and oxygen atoms in total. The zero-order valence-corrected chi connectivity index (χ0v) is 17.2. The van der Waals surface area contributed by atoms with Gasteiger partial charge in [-0.05, 0) is 55.9 Å². The van der Waals surface area contributed by atoms with E-state index in [-0.39, 0.29) is 23.5 Å². The van der Waals surface area contributed by atoms with Crippen LogP contribution >= 0.6 is 0 Å². The Balaban J connectivity index is 1.44. The summed E-state index contributed by atoms with van der Waals surface area (Å²) >= 11 is 0. The molecule has 1 aromatic carbocycles. The molecule has 0 aliphatic carbocycles. The van der Waals surface area contributed by atoms with Crippen molar-refractivity contribution in [1.29, 1.82) is 0 Å². The molecule has 1 spiro atoms. The lowest BCUT2D eigenvalue weighted by molar-refractivity contribution is -0.138. The molecule has 1 N–H and O–H groups in total. The number of benzene rings is 1. The Bertz CT molecular complexity index is 678.